The fourth-order valence-electron chi connectivity index (χ4n) is 0.109. The number of hydrogen-bond acceptors (Lipinski definition) is 2. The predicted molar refractivity (Wildman–Crippen MR) is 19.9 cm³/mol. The van der Waals surface area contributed by atoms with Crippen molar-refractivity contribution >= 4 is 11.1 Å². The lowest BCUT2D eigenvalue weighted by molar-refractivity contribution is -0.156. The van der Waals surface area contributed by atoms with Crippen LogP contribution in [0.1, 0.15) is 0 Å². The molecule has 7 heteroatoms. The molecule has 0 aromatic heterocycles. The van der Waals surface area contributed by atoms with Gasteiger partial charge in [0, 0.05) is 0 Å². The standard InChI is InChI=1S/C2H2F4O2S/c3-1(9(7)8)2(4,5)6/h1H,(H,7,8)/p-1. The van der Waals surface area contributed by atoms with E-state index in [0.717, 1.165) is 0 Å². The van der Waals surface area contributed by atoms with Gasteiger partial charge in [-0.15, -0.1) is 0 Å². The number of alkyl halides is 4. The van der Waals surface area contributed by atoms with Crippen molar-refractivity contribution in [3.63, 3.8) is 0 Å². The van der Waals surface area contributed by atoms with Gasteiger partial charge in [0.1, 0.15) is 0 Å². The van der Waals surface area contributed by atoms with Crippen LogP contribution in [-0.2, 0) is 11.1 Å². The van der Waals surface area contributed by atoms with Gasteiger partial charge in [0.2, 0.25) is 0 Å². The highest BCUT2D eigenvalue weighted by atomic mass is 32.2. The van der Waals surface area contributed by atoms with Crippen molar-refractivity contribution in [3.8, 4) is 0 Å². The van der Waals surface area contributed by atoms with Crippen molar-refractivity contribution in [2.24, 2.45) is 0 Å². The highest BCUT2D eigenvalue weighted by Crippen LogP contribution is 2.24. The molecule has 0 fully saturated rings. The molecular formula is C2HF4O2S-. The quantitative estimate of drug-likeness (QED) is 0.424. The Morgan fingerprint density at radius 1 is 1.44 bits per heavy atom. The monoisotopic (exact) mass is 165 g/mol. The smallest absolute Gasteiger partial charge is 0.430 e. The van der Waals surface area contributed by atoms with Crippen LogP contribution in [0.15, 0.2) is 0 Å². The molecule has 0 rings (SSSR count). The van der Waals surface area contributed by atoms with Crippen LogP contribution >= 0.6 is 0 Å². The first-order valence-corrected chi connectivity index (χ1v) is 2.78. The first-order chi connectivity index (χ1) is 3.85. The Balaban J connectivity index is 4.04. The molecule has 56 valence electrons. The Bertz CT molecular complexity index is 120. The third-order valence-electron chi connectivity index (χ3n) is 0.426. The molecule has 0 aromatic rings. The summed E-state index contributed by atoms with van der Waals surface area (Å²) < 4.78 is 62.6. The Kier molecular flexibility index (Phi) is 2.56. The second kappa shape index (κ2) is 2.61. The van der Waals surface area contributed by atoms with Crippen LogP contribution in [0.3, 0.4) is 0 Å². The SMILES string of the molecule is O=S([O-])C(F)C(F)(F)F. The van der Waals surface area contributed by atoms with Crippen LogP contribution in [0.5, 0.6) is 0 Å². The zero-order valence-corrected chi connectivity index (χ0v) is 4.63. The van der Waals surface area contributed by atoms with E-state index in [9.17, 15) is 26.3 Å². The van der Waals surface area contributed by atoms with Crippen molar-refractivity contribution in [1.29, 1.82) is 0 Å². The molecule has 0 aromatic carbocycles. The lowest BCUT2D eigenvalue weighted by Crippen LogP contribution is -2.28. The highest BCUT2D eigenvalue weighted by molar-refractivity contribution is 7.79. The third kappa shape index (κ3) is 2.75. The maximum absolute atomic E-state index is 11.3. The molecular weight excluding hydrogens is 164 g/mol. The van der Waals surface area contributed by atoms with Gasteiger partial charge < -0.3 is 4.55 Å². The first-order valence-electron chi connectivity index (χ1n) is 1.64. The molecule has 9 heavy (non-hydrogen) atoms. The van der Waals surface area contributed by atoms with Gasteiger partial charge in [-0.3, -0.25) is 4.21 Å². The van der Waals surface area contributed by atoms with E-state index in [1.165, 1.54) is 0 Å². The summed E-state index contributed by atoms with van der Waals surface area (Å²) in [5, 5.41) is 0. The Hall–Kier alpha value is -0.170. The van der Waals surface area contributed by atoms with E-state index >= 15 is 0 Å². The van der Waals surface area contributed by atoms with Crippen LogP contribution in [0.25, 0.3) is 0 Å². The van der Waals surface area contributed by atoms with Crippen LogP contribution < -0.4 is 0 Å². The lowest BCUT2D eigenvalue weighted by atomic mass is 10.7. The van der Waals surface area contributed by atoms with Gasteiger partial charge in [-0.1, -0.05) is 0 Å². The predicted octanol–water partition coefficient (Wildman–Crippen LogP) is 0.723. The van der Waals surface area contributed by atoms with E-state index in [4.69, 9.17) is 0 Å². The molecule has 0 bridgehead atoms. The first kappa shape index (κ1) is 8.83. The summed E-state index contributed by atoms with van der Waals surface area (Å²) in [7, 11) is 0. The molecule has 2 unspecified atom stereocenters. The molecule has 0 N–H and O–H groups in total. The van der Waals surface area contributed by atoms with Gasteiger partial charge in [-0.25, -0.2) is 4.39 Å². The molecule has 0 spiro atoms. The van der Waals surface area contributed by atoms with Crippen molar-refractivity contribution in [2.45, 2.75) is 11.7 Å². The van der Waals surface area contributed by atoms with E-state index in [2.05, 4.69) is 0 Å². The van der Waals surface area contributed by atoms with Gasteiger partial charge in [-0.2, -0.15) is 13.2 Å². The molecule has 0 saturated heterocycles. The van der Waals surface area contributed by atoms with Crippen LogP contribution in [-0.4, -0.2) is 20.4 Å². The molecule has 2 nitrogen and oxygen atoms in total. The van der Waals surface area contributed by atoms with Crippen LogP contribution in [0.2, 0.25) is 0 Å². The minimum absolute atomic E-state index is 3.72. The molecule has 0 aliphatic carbocycles. The van der Waals surface area contributed by atoms with E-state index < -0.39 is 22.8 Å². The number of hydrogen-bond donors (Lipinski definition) is 0. The summed E-state index contributed by atoms with van der Waals surface area (Å²) >= 11 is -3.72. The fourth-order valence-corrected chi connectivity index (χ4v) is 0.327. The summed E-state index contributed by atoms with van der Waals surface area (Å²) in [6.45, 7) is 0. The van der Waals surface area contributed by atoms with E-state index in [1.54, 1.807) is 0 Å². The minimum atomic E-state index is -5.30. The number of rotatable bonds is 1. The van der Waals surface area contributed by atoms with Crippen LogP contribution in [0.4, 0.5) is 17.6 Å². The van der Waals surface area contributed by atoms with Crippen molar-refractivity contribution in [3.05, 3.63) is 0 Å². The average Bonchev–Trinajstić information content (AvgIpc) is 1.62. The summed E-state index contributed by atoms with van der Waals surface area (Å²) in [4.78, 5) is 0. The Morgan fingerprint density at radius 3 is 1.78 bits per heavy atom. The Morgan fingerprint density at radius 2 is 1.78 bits per heavy atom. The average molecular weight is 165 g/mol. The van der Waals surface area contributed by atoms with Gasteiger partial charge in [-0.05, 0) is 11.1 Å². The summed E-state index contributed by atoms with van der Waals surface area (Å²) in [6, 6.07) is 0. The second-order valence-corrected chi connectivity index (χ2v) is 2.05. The number of halogens is 4. The molecule has 0 saturated carbocycles. The molecule has 0 heterocycles. The normalized spacial score (nSPS) is 19.2. The van der Waals surface area contributed by atoms with Gasteiger partial charge in [0.25, 0.3) is 5.50 Å². The van der Waals surface area contributed by atoms with E-state index in [1.807, 2.05) is 0 Å². The largest absolute Gasteiger partial charge is 0.770 e. The van der Waals surface area contributed by atoms with Crippen molar-refractivity contribution in [1.82, 2.24) is 0 Å². The maximum Gasteiger partial charge on any atom is 0.430 e. The summed E-state index contributed by atoms with van der Waals surface area (Å²) in [6.07, 6.45) is -5.30. The fraction of sp³-hybridized carbons (Fsp3) is 1.00. The summed E-state index contributed by atoms with van der Waals surface area (Å²) in [5.74, 6) is 0. The molecule has 0 aliphatic rings. The van der Waals surface area contributed by atoms with Gasteiger partial charge >= 0.3 is 6.18 Å². The van der Waals surface area contributed by atoms with Crippen molar-refractivity contribution < 1.29 is 26.3 Å². The maximum atomic E-state index is 11.3. The molecule has 2 atom stereocenters. The topological polar surface area (TPSA) is 40.1 Å². The highest BCUT2D eigenvalue weighted by Gasteiger charge is 2.41. The Labute approximate surface area is 50.1 Å². The molecule has 0 radical (unpaired) electrons. The van der Waals surface area contributed by atoms with Gasteiger partial charge in [0.15, 0.2) is 0 Å². The lowest BCUT2D eigenvalue weighted by Gasteiger charge is -2.13. The van der Waals surface area contributed by atoms with Crippen LogP contribution in [0, 0.1) is 0 Å². The minimum Gasteiger partial charge on any atom is -0.770 e. The van der Waals surface area contributed by atoms with Crippen molar-refractivity contribution in [2.75, 3.05) is 0 Å². The third-order valence-corrected chi connectivity index (χ3v) is 1.03. The van der Waals surface area contributed by atoms with E-state index in [0.29, 0.717) is 0 Å². The zero-order valence-electron chi connectivity index (χ0n) is 3.81. The zero-order chi connectivity index (χ0) is 7.65. The summed E-state index contributed by atoms with van der Waals surface area (Å²) in [5.41, 5.74) is -3.77. The second-order valence-electron chi connectivity index (χ2n) is 1.12. The van der Waals surface area contributed by atoms with Gasteiger partial charge in [0.05, 0.1) is 0 Å². The van der Waals surface area contributed by atoms with E-state index in [-0.39, 0.29) is 0 Å². The molecule has 0 amide bonds. The molecule has 0 aliphatic heterocycles.